The van der Waals surface area contributed by atoms with Crippen LogP contribution in [0.4, 0.5) is 0 Å². The Morgan fingerprint density at radius 2 is 1.25 bits per heavy atom. The van der Waals surface area contributed by atoms with Crippen LogP contribution in [0.25, 0.3) is 0 Å². The van der Waals surface area contributed by atoms with Crippen molar-refractivity contribution in [2.24, 2.45) is 23.7 Å². The molecule has 0 saturated heterocycles. The van der Waals surface area contributed by atoms with Gasteiger partial charge < -0.3 is 18.9 Å². The third-order valence-corrected chi connectivity index (χ3v) is 8.11. The fourth-order valence-electron chi connectivity index (χ4n) is 5.63. The minimum absolute atomic E-state index is 0.0363. The second-order valence-electron chi connectivity index (χ2n) is 10.9. The van der Waals surface area contributed by atoms with Gasteiger partial charge in [0.25, 0.3) is 0 Å². The molecule has 40 heavy (non-hydrogen) atoms. The molecule has 8 nitrogen and oxygen atoms in total. The maximum atomic E-state index is 12.8. The van der Waals surface area contributed by atoms with E-state index in [2.05, 4.69) is 6.58 Å². The highest BCUT2D eigenvalue weighted by Crippen LogP contribution is 2.42. The lowest BCUT2D eigenvalue weighted by Crippen LogP contribution is -2.31. The normalized spacial score (nSPS) is 22.5. The molecule has 0 heterocycles. The van der Waals surface area contributed by atoms with Gasteiger partial charge in [-0.1, -0.05) is 19.9 Å². The van der Waals surface area contributed by atoms with E-state index in [1.54, 1.807) is 24.3 Å². The average Bonchev–Trinajstić information content (AvgIpc) is 2.99. The van der Waals surface area contributed by atoms with Crippen LogP contribution in [0.2, 0.25) is 0 Å². The molecule has 0 N–H and O–H groups in total. The SMILES string of the molecule is C=CC(=O)OCCCCOC(=O)C1CCC(C2CCC(C(=O)Oc3ccc(C(=O)OCCCC)cc3)CC2)CC1. The van der Waals surface area contributed by atoms with E-state index in [0.29, 0.717) is 55.8 Å². The van der Waals surface area contributed by atoms with Crippen molar-refractivity contribution < 1.29 is 38.1 Å². The van der Waals surface area contributed by atoms with Crippen LogP contribution < -0.4 is 4.74 Å². The second-order valence-corrected chi connectivity index (χ2v) is 10.9. The molecule has 0 radical (unpaired) electrons. The second kappa shape index (κ2) is 16.8. The predicted molar refractivity (Wildman–Crippen MR) is 150 cm³/mol. The molecule has 0 atom stereocenters. The van der Waals surface area contributed by atoms with E-state index in [9.17, 15) is 19.2 Å². The van der Waals surface area contributed by atoms with E-state index in [1.807, 2.05) is 6.92 Å². The number of rotatable bonds is 14. The Bertz CT molecular complexity index is 969. The summed E-state index contributed by atoms with van der Waals surface area (Å²) in [6, 6.07) is 6.54. The first-order chi connectivity index (χ1) is 19.4. The Kier molecular flexibility index (Phi) is 13.2. The molecule has 0 bridgehead atoms. The van der Waals surface area contributed by atoms with Gasteiger partial charge in [0.05, 0.1) is 37.2 Å². The minimum Gasteiger partial charge on any atom is -0.465 e. The standard InChI is InChI=1S/C32H44O8/c1-3-5-20-38-31(35)26-16-18-28(19-17-26)40-32(36)27-14-10-24(11-15-27)23-8-12-25(13-9-23)30(34)39-22-7-6-21-37-29(33)4-2/h4,16-19,23-25,27H,2-3,5-15,20-22H2,1H3. The van der Waals surface area contributed by atoms with Crippen molar-refractivity contribution in [1.82, 2.24) is 0 Å². The monoisotopic (exact) mass is 556 g/mol. The van der Waals surface area contributed by atoms with E-state index >= 15 is 0 Å². The smallest absolute Gasteiger partial charge is 0.338 e. The zero-order valence-electron chi connectivity index (χ0n) is 23.8. The molecule has 0 spiro atoms. The van der Waals surface area contributed by atoms with Crippen molar-refractivity contribution >= 4 is 23.9 Å². The van der Waals surface area contributed by atoms with Gasteiger partial charge in [0.15, 0.2) is 0 Å². The fraction of sp³-hybridized carbons (Fsp3) is 0.625. The van der Waals surface area contributed by atoms with E-state index in [0.717, 1.165) is 70.3 Å². The Labute approximate surface area is 237 Å². The minimum atomic E-state index is -0.438. The highest BCUT2D eigenvalue weighted by atomic mass is 16.5. The van der Waals surface area contributed by atoms with Gasteiger partial charge in [0.2, 0.25) is 0 Å². The molecule has 0 unspecified atom stereocenters. The van der Waals surface area contributed by atoms with Crippen LogP contribution in [-0.2, 0) is 28.6 Å². The van der Waals surface area contributed by atoms with Crippen molar-refractivity contribution in [3.05, 3.63) is 42.5 Å². The van der Waals surface area contributed by atoms with Crippen molar-refractivity contribution in [1.29, 1.82) is 0 Å². The summed E-state index contributed by atoms with van der Waals surface area (Å²) < 4.78 is 21.2. The van der Waals surface area contributed by atoms with Crippen molar-refractivity contribution in [3.8, 4) is 5.75 Å². The van der Waals surface area contributed by atoms with Crippen LogP contribution in [0, 0.1) is 23.7 Å². The molecule has 8 heteroatoms. The first-order valence-electron chi connectivity index (χ1n) is 14.9. The zero-order chi connectivity index (χ0) is 28.7. The molecule has 3 rings (SSSR count). The highest BCUT2D eigenvalue weighted by Gasteiger charge is 2.35. The Morgan fingerprint density at radius 1 is 0.725 bits per heavy atom. The quantitative estimate of drug-likeness (QED) is 0.0875. The number of hydrogen-bond acceptors (Lipinski definition) is 8. The first-order valence-corrected chi connectivity index (χ1v) is 14.9. The molecule has 1 aromatic rings. The van der Waals surface area contributed by atoms with Crippen molar-refractivity contribution in [2.45, 2.75) is 84.0 Å². The summed E-state index contributed by atoms with van der Waals surface area (Å²) in [5.74, 6) is 0.341. The van der Waals surface area contributed by atoms with Crippen LogP contribution in [0.15, 0.2) is 36.9 Å². The summed E-state index contributed by atoms with van der Waals surface area (Å²) in [6.07, 6.45) is 11.6. The van der Waals surface area contributed by atoms with Crippen molar-refractivity contribution in [3.63, 3.8) is 0 Å². The summed E-state index contributed by atoms with van der Waals surface area (Å²) in [6.45, 7) is 6.44. The lowest BCUT2D eigenvalue weighted by atomic mass is 9.69. The summed E-state index contributed by atoms with van der Waals surface area (Å²) in [4.78, 5) is 48.3. The van der Waals surface area contributed by atoms with Gasteiger partial charge in [0.1, 0.15) is 5.75 Å². The van der Waals surface area contributed by atoms with Crippen LogP contribution >= 0.6 is 0 Å². The molecule has 0 aromatic heterocycles. The van der Waals surface area contributed by atoms with Gasteiger partial charge >= 0.3 is 23.9 Å². The predicted octanol–water partition coefficient (Wildman–Crippen LogP) is 6.21. The van der Waals surface area contributed by atoms with E-state index in [-0.39, 0.29) is 29.7 Å². The average molecular weight is 557 g/mol. The van der Waals surface area contributed by atoms with Gasteiger partial charge in [-0.2, -0.15) is 0 Å². The topological polar surface area (TPSA) is 105 Å². The number of unbranched alkanes of at least 4 members (excludes halogenated alkanes) is 2. The van der Waals surface area contributed by atoms with Crippen LogP contribution in [0.5, 0.6) is 5.75 Å². The van der Waals surface area contributed by atoms with Gasteiger partial charge in [-0.25, -0.2) is 9.59 Å². The summed E-state index contributed by atoms with van der Waals surface area (Å²) >= 11 is 0. The van der Waals surface area contributed by atoms with Gasteiger partial charge in [-0.15, -0.1) is 0 Å². The molecular weight excluding hydrogens is 512 g/mol. The first kappa shape index (κ1) is 31.4. The Balaban J connectivity index is 1.30. The molecule has 2 fully saturated rings. The maximum absolute atomic E-state index is 12.8. The molecule has 2 aliphatic carbocycles. The van der Waals surface area contributed by atoms with Gasteiger partial charge in [-0.3, -0.25) is 9.59 Å². The molecule has 2 aliphatic rings. The summed E-state index contributed by atoms with van der Waals surface area (Å²) in [5.41, 5.74) is 0.447. The Morgan fingerprint density at radius 3 is 1.80 bits per heavy atom. The van der Waals surface area contributed by atoms with E-state index in [1.165, 1.54) is 0 Å². The number of benzene rings is 1. The number of esters is 4. The van der Waals surface area contributed by atoms with E-state index in [4.69, 9.17) is 18.9 Å². The number of ether oxygens (including phenoxy) is 4. The molecule has 0 amide bonds. The lowest BCUT2D eigenvalue weighted by molar-refractivity contribution is -0.151. The largest absolute Gasteiger partial charge is 0.465 e. The molecule has 1 aromatic carbocycles. The zero-order valence-corrected chi connectivity index (χ0v) is 23.8. The summed E-state index contributed by atoms with van der Waals surface area (Å²) in [7, 11) is 0. The number of carbonyl (C=O) groups excluding carboxylic acids is 4. The third kappa shape index (κ3) is 10.1. The number of hydrogen-bond donors (Lipinski definition) is 0. The van der Waals surface area contributed by atoms with Crippen LogP contribution in [0.3, 0.4) is 0 Å². The molecule has 2 saturated carbocycles. The molecule has 0 aliphatic heterocycles. The number of carbonyl (C=O) groups is 4. The van der Waals surface area contributed by atoms with Gasteiger partial charge in [0, 0.05) is 6.08 Å². The maximum Gasteiger partial charge on any atom is 0.338 e. The van der Waals surface area contributed by atoms with Crippen molar-refractivity contribution in [2.75, 3.05) is 19.8 Å². The van der Waals surface area contributed by atoms with Gasteiger partial charge in [-0.05, 0) is 107 Å². The lowest BCUT2D eigenvalue weighted by Gasteiger charge is -2.36. The van der Waals surface area contributed by atoms with Crippen LogP contribution in [0.1, 0.15) is 94.3 Å². The van der Waals surface area contributed by atoms with E-state index < -0.39 is 5.97 Å². The summed E-state index contributed by atoms with van der Waals surface area (Å²) in [5, 5.41) is 0. The fourth-order valence-corrected chi connectivity index (χ4v) is 5.63. The van der Waals surface area contributed by atoms with Crippen LogP contribution in [-0.4, -0.2) is 43.7 Å². The molecule has 220 valence electrons. The highest BCUT2D eigenvalue weighted by molar-refractivity contribution is 5.89. The molecular formula is C32H44O8. The third-order valence-electron chi connectivity index (χ3n) is 8.11. The Hall–Kier alpha value is -3.16.